The van der Waals surface area contributed by atoms with Crippen molar-refractivity contribution >= 4 is 11.8 Å². The second-order valence-corrected chi connectivity index (χ2v) is 4.73. The van der Waals surface area contributed by atoms with Gasteiger partial charge in [-0.2, -0.15) is 0 Å². The monoisotopic (exact) mass is 262 g/mol. The number of hydrogen-bond donors (Lipinski definition) is 0. The maximum absolute atomic E-state index is 12.0. The molecule has 0 bridgehead atoms. The number of rotatable bonds is 5. The minimum atomic E-state index is -0.456. The molecule has 0 N–H and O–H groups in total. The SMILES string of the molecule is CCCCN(C)C(=O)C(=O)N(C)Cc1ccccc1. The van der Waals surface area contributed by atoms with Crippen LogP contribution in [0.5, 0.6) is 0 Å². The predicted octanol–water partition coefficient (Wildman–Crippen LogP) is 1.90. The first-order chi connectivity index (χ1) is 9.06. The van der Waals surface area contributed by atoms with E-state index in [-0.39, 0.29) is 0 Å². The van der Waals surface area contributed by atoms with Gasteiger partial charge < -0.3 is 9.80 Å². The molecule has 0 spiro atoms. The molecule has 0 aliphatic rings. The van der Waals surface area contributed by atoms with E-state index >= 15 is 0 Å². The highest BCUT2D eigenvalue weighted by Gasteiger charge is 2.22. The topological polar surface area (TPSA) is 40.6 Å². The second-order valence-electron chi connectivity index (χ2n) is 4.73. The molecule has 0 saturated carbocycles. The summed E-state index contributed by atoms with van der Waals surface area (Å²) in [6, 6.07) is 9.64. The van der Waals surface area contributed by atoms with Gasteiger partial charge in [0.15, 0.2) is 0 Å². The summed E-state index contributed by atoms with van der Waals surface area (Å²) in [5, 5.41) is 0. The second kappa shape index (κ2) is 7.56. The first-order valence-electron chi connectivity index (χ1n) is 6.60. The molecule has 0 aliphatic carbocycles. The maximum atomic E-state index is 12.0. The molecule has 0 aliphatic heterocycles. The summed E-state index contributed by atoms with van der Waals surface area (Å²) >= 11 is 0. The third-order valence-corrected chi connectivity index (χ3v) is 2.99. The lowest BCUT2D eigenvalue weighted by Crippen LogP contribution is -2.42. The Kier molecular flexibility index (Phi) is 6.06. The zero-order valence-corrected chi connectivity index (χ0v) is 11.9. The first-order valence-corrected chi connectivity index (χ1v) is 6.60. The summed E-state index contributed by atoms with van der Waals surface area (Å²) in [5.74, 6) is -0.894. The molecule has 4 nitrogen and oxygen atoms in total. The average molecular weight is 262 g/mol. The number of nitrogens with zero attached hydrogens (tertiary/aromatic N) is 2. The molecule has 0 unspecified atom stereocenters. The molecule has 0 saturated heterocycles. The minimum absolute atomic E-state index is 0.438. The molecular weight excluding hydrogens is 240 g/mol. The van der Waals surface area contributed by atoms with Crippen LogP contribution in [0, 0.1) is 0 Å². The van der Waals surface area contributed by atoms with Crippen molar-refractivity contribution in [1.29, 1.82) is 0 Å². The van der Waals surface area contributed by atoms with E-state index in [0.29, 0.717) is 13.1 Å². The third kappa shape index (κ3) is 4.73. The van der Waals surface area contributed by atoms with Gasteiger partial charge in [-0.15, -0.1) is 0 Å². The quantitative estimate of drug-likeness (QED) is 0.760. The molecule has 1 aromatic carbocycles. The highest BCUT2D eigenvalue weighted by molar-refractivity contribution is 6.34. The molecule has 0 heterocycles. The van der Waals surface area contributed by atoms with Crippen molar-refractivity contribution in [2.75, 3.05) is 20.6 Å². The molecule has 2 amide bonds. The lowest BCUT2D eigenvalue weighted by molar-refractivity contribution is -0.150. The van der Waals surface area contributed by atoms with E-state index in [2.05, 4.69) is 6.92 Å². The van der Waals surface area contributed by atoms with Gasteiger partial charge in [-0.05, 0) is 12.0 Å². The zero-order chi connectivity index (χ0) is 14.3. The summed E-state index contributed by atoms with van der Waals surface area (Å²) < 4.78 is 0. The Hall–Kier alpha value is -1.84. The van der Waals surface area contributed by atoms with Crippen LogP contribution < -0.4 is 0 Å². The van der Waals surface area contributed by atoms with Gasteiger partial charge in [0.1, 0.15) is 0 Å². The molecule has 104 valence electrons. The Bertz CT molecular complexity index is 417. The van der Waals surface area contributed by atoms with Gasteiger partial charge in [-0.25, -0.2) is 0 Å². The normalized spacial score (nSPS) is 10.1. The van der Waals surface area contributed by atoms with E-state index in [1.54, 1.807) is 14.1 Å². The van der Waals surface area contributed by atoms with E-state index in [9.17, 15) is 9.59 Å². The molecule has 0 aromatic heterocycles. The van der Waals surface area contributed by atoms with E-state index in [1.165, 1.54) is 9.80 Å². The molecule has 19 heavy (non-hydrogen) atoms. The lowest BCUT2D eigenvalue weighted by Gasteiger charge is -2.21. The van der Waals surface area contributed by atoms with Gasteiger partial charge in [0.05, 0.1) is 0 Å². The van der Waals surface area contributed by atoms with Crippen molar-refractivity contribution in [2.45, 2.75) is 26.3 Å². The fourth-order valence-corrected chi connectivity index (χ4v) is 1.75. The van der Waals surface area contributed by atoms with Crippen molar-refractivity contribution in [1.82, 2.24) is 9.80 Å². The highest BCUT2D eigenvalue weighted by atomic mass is 16.2. The number of hydrogen-bond acceptors (Lipinski definition) is 2. The average Bonchev–Trinajstić information content (AvgIpc) is 2.44. The van der Waals surface area contributed by atoms with E-state index in [1.807, 2.05) is 30.3 Å². The molecule has 0 atom stereocenters. The molecule has 0 fully saturated rings. The summed E-state index contributed by atoms with van der Waals surface area (Å²) in [6.45, 7) is 3.13. The van der Waals surface area contributed by atoms with Crippen LogP contribution in [0.2, 0.25) is 0 Å². The van der Waals surface area contributed by atoms with Crippen molar-refractivity contribution in [3.63, 3.8) is 0 Å². The standard InChI is InChI=1S/C15H22N2O2/c1-4-5-11-16(2)14(18)15(19)17(3)12-13-9-7-6-8-10-13/h6-10H,4-5,11-12H2,1-3H3. The van der Waals surface area contributed by atoms with Crippen LogP contribution in [0.25, 0.3) is 0 Å². The van der Waals surface area contributed by atoms with Crippen molar-refractivity contribution in [3.05, 3.63) is 35.9 Å². The fourth-order valence-electron chi connectivity index (χ4n) is 1.75. The Balaban J connectivity index is 2.54. The van der Waals surface area contributed by atoms with Crippen LogP contribution in [0.1, 0.15) is 25.3 Å². The molecule has 1 rings (SSSR count). The number of carbonyl (C=O) groups excluding carboxylic acids is 2. The van der Waals surface area contributed by atoms with Crippen LogP contribution in [0.3, 0.4) is 0 Å². The third-order valence-electron chi connectivity index (χ3n) is 2.99. The van der Waals surface area contributed by atoms with Gasteiger partial charge in [-0.3, -0.25) is 9.59 Å². The predicted molar refractivity (Wildman–Crippen MR) is 75.5 cm³/mol. The summed E-state index contributed by atoms with van der Waals surface area (Å²) in [5.41, 5.74) is 1.02. The summed E-state index contributed by atoms with van der Waals surface area (Å²) in [4.78, 5) is 26.9. The lowest BCUT2D eigenvalue weighted by atomic mass is 10.2. The number of likely N-dealkylation sites (N-methyl/N-ethyl adjacent to an activating group) is 2. The highest BCUT2D eigenvalue weighted by Crippen LogP contribution is 2.04. The Morgan fingerprint density at radius 3 is 2.16 bits per heavy atom. The van der Waals surface area contributed by atoms with Crippen molar-refractivity contribution < 1.29 is 9.59 Å². The number of amides is 2. The Morgan fingerprint density at radius 1 is 1.00 bits per heavy atom. The van der Waals surface area contributed by atoms with Crippen LogP contribution >= 0.6 is 0 Å². The molecule has 4 heteroatoms. The molecular formula is C15H22N2O2. The number of unbranched alkanes of at least 4 members (excludes halogenated alkanes) is 1. The van der Waals surface area contributed by atoms with Crippen LogP contribution in [0.15, 0.2) is 30.3 Å². The Morgan fingerprint density at radius 2 is 1.58 bits per heavy atom. The number of benzene rings is 1. The first kappa shape index (κ1) is 15.2. The minimum Gasteiger partial charge on any atom is -0.338 e. The van der Waals surface area contributed by atoms with Crippen molar-refractivity contribution in [2.24, 2.45) is 0 Å². The molecule has 0 radical (unpaired) electrons. The maximum Gasteiger partial charge on any atom is 0.312 e. The summed E-state index contributed by atoms with van der Waals surface area (Å²) in [7, 11) is 3.33. The fraction of sp³-hybridized carbons (Fsp3) is 0.467. The van der Waals surface area contributed by atoms with Gasteiger partial charge in [0.25, 0.3) is 0 Å². The number of carbonyl (C=O) groups is 2. The molecule has 1 aromatic rings. The van der Waals surface area contributed by atoms with Gasteiger partial charge in [0, 0.05) is 27.2 Å². The van der Waals surface area contributed by atoms with Gasteiger partial charge >= 0.3 is 11.8 Å². The van der Waals surface area contributed by atoms with Crippen molar-refractivity contribution in [3.8, 4) is 0 Å². The zero-order valence-electron chi connectivity index (χ0n) is 11.9. The van der Waals surface area contributed by atoms with E-state index in [0.717, 1.165) is 18.4 Å². The Labute approximate surface area is 115 Å². The van der Waals surface area contributed by atoms with Crippen LogP contribution in [-0.2, 0) is 16.1 Å². The summed E-state index contributed by atoms with van der Waals surface area (Å²) in [6.07, 6.45) is 1.92. The largest absolute Gasteiger partial charge is 0.338 e. The van der Waals surface area contributed by atoms with E-state index in [4.69, 9.17) is 0 Å². The van der Waals surface area contributed by atoms with E-state index < -0.39 is 11.8 Å². The van der Waals surface area contributed by atoms with Gasteiger partial charge in [0.2, 0.25) is 0 Å². The van der Waals surface area contributed by atoms with Crippen LogP contribution in [0.4, 0.5) is 0 Å². The van der Waals surface area contributed by atoms with Crippen LogP contribution in [-0.4, -0.2) is 42.3 Å². The smallest absolute Gasteiger partial charge is 0.312 e. The van der Waals surface area contributed by atoms with Gasteiger partial charge in [-0.1, -0.05) is 43.7 Å².